The number of hydrogen-bond acceptors (Lipinski definition) is 4. The van der Waals surface area contributed by atoms with Crippen LogP contribution in [-0.2, 0) is 4.74 Å². The maximum absolute atomic E-state index is 5.37. The van der Waals surface area contributed by atoms with Crippen molar-refractivity contribution in [2.75, 3.05) is 20.3 Å². The van der Waals surface area contributed by atoms with Crippen LogP contribution in [0.4, 0.5) is 0 Å². The number of rotatable bonds is 2. The van der Waals surface area contributed by atoms with Crippen LogP contribution in [0.5, 0.6) is 5.75 Å². The van der Waals surface area contributed by atoms with E-state index in [9.17, 15) is 0 Å². The van der Waals surface area contributed by atoms with Crippen LogP contribution in [0.15, 0.2) is 18.3 Å². The zero-order valence-electron chi connectivity index (χ0n) is 9.09. The van der Waals surface area contributed by atoms with Crippen molar-refractivity contribution in [3.05, 3.63) is 24.2 Å². The molecule has 1 fully saturated rings. The van der Waals surface area contributed by atoms with Gasteiger partial charge in [0.25, 0.3) is 0 Å². The lowest BCUT2D eigenvalue weighted by Gasteiger charge is -2.05. The number of nitrogens with zero attached hydrogens (tertiary/aromatic N) is 3. The van der Waals surface area contributed by atoms with Crippen molar-refractivity contribution in [2.45, 2.75) is 12.3 Å². The molecular weight excluding hydrogens is 206 g/mol. The molecule has 3 heterocycles. The molecule has 84 valence electrons. The minimum atomic E-state index is 0.364. The van der Waals surface area contributed by atoms with E-state index in [2.05, 4.69) is 10.2 Å². The first-order valence-corrected chi connectivity index (χ1v) is 5.35. The Balaban J connectivity index is 2.06. The van der Waals surface area contributed by atoms with Gasteiger partial charge in [0.2, 0.25) is 0 Å². The molecule has 0 amide bonds. The maximum Gasteiger partial charge on any atom is 0.164 e. The summed E-state index contributed by atoms with van der Waals surface area (Å²) in [6, 6.07) is 3.79. The number of fused-ring (bicyclic) bond motifs is 1. The van der Waals surface area contributed by atoms with Gasteiger partial charge in [-0.05, 0) is 12.5 Å². The van der Waals surface area contributed by atoms with Crippen LogP contribution in [-0.4, -0.2) is 34.9 Å². The van der Waals surface area contributed by atoms with Crippen LogP contribution in [0.25, 0.3) is 5.65 Å². The Morgan fingerprint density at radius 2 is 2.44 bits per heavy atom. The number of aromatic nitrogens is 3. The Kier molecular flexibility index (Phi) is 2.25. The third-order valence-electron chi connectivity index (χ3n) is 2.94. The van der Waals surface area contributed by atoms with E-state index in [4.69, 9.17) is 9.47 Å². The summed E-state index contributed by atoms with van der Waals surface area (Å²) in [5.41, 5.74) is 0.821. The molecular formula is C11H13N3O2. The fourth-order valence-corrected chi connectivity index (χ4v) is 2.03. The average molecular weight is 219 g/mol. The second-order valence-corrected chi connectivity index (χ2v) is 3.91. The largest absolute Gasteiger partial charge is 0.497 e. The fraction of sp³-hybridized carbons (Fsp3) is 0.455. The van der Waals surface area contributed by atoms with Gasteiger partial charge in [0, 0.05) is 24.8 Å². The Morgan fingerprint density at radius 1 is 1.50 bits per heavy atom. The van der Waals surface area contributed by atoms with Crippen LogP contribution >= 0.6 is 0 Å². The van der Waals surface area contributed by atoms with Gasteiger partial charge in [0.05, 0.1) is 13.7 Å². The van der Waals surface area contributed by atoms with Crippen molar-refractivity contribution in [3.8, 4) is 5.75 Å². The Morgan fingerprint density at radius 3 is 3.19 bits per heavy atom. The summed E-state index contributed by atoms with van der Waals surface area (Å²) in [5.74, 6) is 2.15. The molecule has 0 aromatic carbocycles. The van der Waals surface area contributed by atoms with Gasteiger partial charge in [0.15, 0.2) is 5.65 Å². The predicted molar refractivity (Wildman–Crippen MR) is 57.7 cm³/mol. The highest BCUT2D eigenvalue weighted by molar-refractivity contribution is 5.44. The van der Waals surface area contributed by atoms with Crippen molar-refractivity contribution in [3.63, 3.8) is 0 Å². The first-order valence-electron chi connectivity index (χ1n) is 5.35. The van der Waals surface area contributed by atoms with Crippen molar-refractivity contribution < 1.29 is 9.47 Å². The highest BCUT2D eigenvalue weighted by Gasteiger charge is 2.22. The number of pyridine rings is 1. The molecule has 1 atom stereocenters. The number of ether oxygens (including phenoxy) is 2. The minimum Gasteiger partial charge on any atom is -0.497 e. The van der Waals surface area contributed by atoms with Gasteiger partial charge in [-0.1, -0.05) is 0 Å². The lowest BCUT2D eigenvalue weighted by molar-refractivity contribution is 0.193. The third kappa shape index (κ3) is 1.44. The number of methoxy groups -OCH3 is 1. The van der Waals surface area contributed by atoms with Crippen LogP contribution in [0.3, 0.4) is 0 Å². The van der Waals surface area contributed by atoms with E-state index in [-0.39, 0.29) is 0 Å². The number of hydrogen-bond donors (Lipinski definition) is 0. The minimum absolute atomic E-state index is 0.364. The molecule has 0 N–H and O–H groups in total. The Bertz CT molecular complexity index is 503. The highest BCUT2D eigenvalue weighted by Crippen LogP contribution is 2.25. The smallest absolute Gasteiger partial charge is 0.164 e. The van der Waals surface area contributed by atoms with Crippen LogP contribution < -0.4 is 4.74 Å². The lowest BCUT2D eigenvalue weighted by Crippen LogP contribution is -2.03. The summed E-state index contributed by atoms with van der Waals surface area (Å²) < 4.78 is 12.5. The molecule has 1 aliphatic heterocycles. The third-order valence-corrected chi connectivity index (χ3v) is 2.94. The molecule has 0 bridgehead atoms. The summed E-state index contributed by atoms with van der Waals surface area (Å²) in [5, 5.41) is 8.38. The monoisotopic (exact) mass is 219 g/mol. The van der Waals surface area contributed by atoms with Gasteiger partial charge < -0.3 is 9.47 Å². The summed E-state index contributed by atoms with van der Waals surface area (Å²) in [4.78, 5) is 0. The molecule has 0 aliphatic carbocycles. The van der Waals surface area contributed by atoms with Gasteiger partial charge in [-0.15, -0.1) is 10.2 Å². The Labute approximate surface area is 93.0 Å². The molecule has 0 radical (unpaired) electrons. The molecule has 2 aromatic rings. The molecule has 1 unspecified atom stereocenters. The van der Waals surface area contributed by atoms with Crippen molar-refractivity contribution >= 4 is 5.65 Å². The zero-order chi connectivity index (χ0) is 11.0. The molecule has 0 spiro atoms. The van der Waals surface area contributed by atoms with Crippen molar-refractivity contribution in [2.24, 2.45) is 0 Å². The van der Waals surface area contributed by atoms with Gasteiger partial charge in [-0.2, -0.15) is 0 Å². The molecule has 16 heavy (non-hydrogen) atoms. The first-order chi connectivity index (χ1) is 7.88. The van der Waals surface area contributed by atoms with Gasteiger partial charge in [-0.3, -0.25) is 4.40 Å². The quantitative estimate of drug-likeness (QED) is 0.762. The van der Waals surface area contributed by atoms with Gasteiger partial charge >= 0.3 is 0 Å². The fourth-order valence-electron chi connectivity index (χ4n) is 2.03. The molecule has 0 saturated carbocycles. The molecule has 5 heteroatoms. The molecule has 1 aliphatic rings. The second kappa shape index (κ2) is 3.75. The van der Waals surface area contributed by atoms with Crippen LogP contribution in [0.1, 0.15) is 18.2 Å². The van der Waals surface area contributed by atoms with Gasteiger partial charge in [0.1, 0.15) is 11.6 Å². The topological polar surface area (TPSA) is 48.7 Å². The van der Waals surface area contributed by atoms with E-state index in [0.29, 0.717) is 5.92 Å². The van der Waals surface area contributed by atoms with Crippen LogP contribution in [0, 0.1) is 0 Å². The standard InChI is InChI=1S/C11H13N3O2/c1-15-9-2-4-14-10(6-9)12-13-11(14)8-3-5-16-7-8/h2,4,6,8H,3,5,7H2,1H3. The van der Waals surface area contributed by atoms with E-state index >= 15 is 0 Å². The molecule has 1 saturated heterocycles. The van der Waals surface area contributed by atoms with Crippen LogP contribution in [0.2, 0.25) is 0 Å². The lowest BCUT2D eigenvalue weighted by atomic mass is 10.1. The average Bonchev–Trinajstić information content (AvgIpc) is 2.96. The zero-order valence-corrected chi connectivity index (χ0v) is 9.09. The van der Waals surface area contributed by atoms with E-state index in [1.807, 2.05) is 22.7 Å². The molecule has 3 rings (SSSR count). The second-order valence-electron chi connectivity index (χ2n) is 3.91. The predicted octanol–water partition coefficient (Wildman–Crippen LogP) is 1.24. The van der Waals surface area contributed by atoms with Gasteiger partial charge in [-0.25, -0.2) is 0 Å². The Hall–Kier alpha value is -1.62. The highest BCUT2D eigenvalue weighted by atomic mass is 16.5. The summed E-state index contributed by atoms with van der Waals surface area (Å²) in [7, 11) is 1.65. The molecule has 5 nitrogen and oxygen atoms in total. The van der Waals surface area contributed by atoms with E-state index in [1.54, 1.807) is 7.11 Å². The van der Waals surface area contributed by atoms with E-state index < -0.39 is 0 Å². The van der Waals surface area contributed by atoms with E-state index in [1.165, 1.54) is 0 Å². The molecule has 2 aromatic heterocycles. The SMILES string of the molecule is COc1ccn2c(C3CCOC3)nnc2c1. The first kappa shape index (κ1) is 9.59. The van der Waals surface area contributed by atoms with Crippen molar-refractivity contribution in [1.82, 2.24) is 14.6 Å². The summed E-state index contributed by atoms with van der Waals surface area (Å²) >= 11 is 0. The maximum atomic E-state index is 5.37. The summed E-state index contributed by atoms with van der Waals surface area (Å²) in [6.07, 6.45) is 2.97. The van der Waals surface area contributed by atoms with Crippen molar-refractivity contribution in [1.29, 1.82) is 0 Å². The summed E-state index contributed by atoms with van der Waals surface area (Å²) in [6.45, 7) is 1.56. The van der Waals surface area contributed by atoms with E-state index in [0.717, 1.165) is 36.9 Å². The normalized spacial score (nSPS) is 20.4.